The molecule has 128 valence electrons. The van der Waals surface area contributed by atoms with Crippen molar-refractivity contribution in [1.82, 2.24) is 0 Å². The van der Waals surface area contributed by atoms with Crippen molar-refractivity contribution in [1.29, 1.82) is 0 Å². The first kappa shape index (κ1) is 15.7. The Labute approximate surface area is 146 Å². The minimum atomic E-state index is -0.999. The molecule has 1 atom stereocenters. The quantitative estimate of drug-likeness (QED) is 0.824. The van der Waals surface area contributed by atoms with Crippen molar-refractivity contribution in [3.05, 3.63) is 65.7 Å². The van der Waals surface area contributed by atoms with E-state index in [1.165, 1.54) is 0 Å². The van der Waals surface area contributed by atoms with Gasteiger partial charge in [-0.15, -0.1) is 0 Å². The molecule has 1 amide bonds. The second-order valence-corrected chi connectivity index (χ2v) is 6.96. The summed E-state index contributed by atoms with van der Waals surface area (Å²) in [5.41, 5.74) is 1.72. The molecule has 0 aliphatic carbocycles. The monoisotopic (exact) mass is 336 g/mol. The number of ether oxygens (including phenoxy) is 1. The van der Waals surface area contributed by atoms with Gasteiger partial charge in [-0.3, -0.25) is 0 Å². The molecule has 0 saturated carbocycles. The molecule has 2 heterocycles. The molecule has 5 heteroatoms. The topological polar surface area (TPSA) is 51.1 Å². The summed E-state index contributed by atoms with van der Waals surface area (Å²) < 4.78 is 5.68. The molecule has 2 aromatic carbocycles. The second kappa shape index (κ2) is 5.34. The first-order valence-electron chi connectivity index (χ1n) is 8.34. The number of carbonyl (C=O) groups is 1. The lowest BCUT2D eigenvalue weighted by molar-refractivity contribution is -0.111. The molecule has 0 radical (unpaired) electrons. The zero-order valence-corrected chi connectivity index (χ0v) is 14.5. The van der Waals surface area contributed by atoms with Gasteiger partial charge in [0.15, 0.2) is 5.60 Å². The Hall–Kier alpha value is -2.82. The second-order valence-electron chi connectivity index (χ2n) is 6.96. The molecule has 0 N–H and O–H groups in total. The van der Waals surface area contributed by atoms with Crippen LogP contribution in [0.15, 0.2) is 59.8 Å². The summed E-state index contributed by atoms with van der Waals surface area (Å²) in [4.78, 5) is 20.3. The molecule has 1 spiro atoms. The van der Waals surface area contributed by atoms with Gasteiger partial charge in [0.2, 0.25) is 0 Å². The van der Waals surface area contributed by atoms with Crippen LogP contribution in [-0.2, 0) is 9.57 Å². The van der Waals surface area contributed by atoms with Crippen LogP contribution in [0.5, 0.6) is 0 Å². The minimum Gasteiger partial charge on any atom is -0.437 e. The average Bonchev–Trinajstić information content (AvgIpc) is 3.11. The molecule has 25 heavy (non-hydrogen) atoms. The van der Waals surface area contributed by atoms with Gasteiger partial charge in [-0.2, -0.15) is 0 Å². The van der Waals surface area contributed by atoms with Crippen molar-refractivity contribution in [2.24, 2.45) is 5.16 Å². The van der Waals surface area contributed by atoms with Crippen molar-refractivity contribution in [3.8, 4) is 0 Å². The number of carbonyl (C=O) groups excluding carboxylic acids is 1. The van der Waals surface area contributed by atoms with Crippen LogP contribution in [0.3, 0.4) is 0 Å². The predicted molar refractivity (Wildman–Crippen MR) is 95.6 cm³/mol. The number of para-hydroxylation sites is 1. The SMILES string of the molecule is Cc1ccccc1N1C(=O)OC(C)(C)C12CC(c1ccccc1)=NO2. The highest BCUT2D eigenvalue weighted by Gasteiger charge is 2.66. The van der Waals surface area contributed by atoms with Gasteiger partial charge < -0.3 is 9.57 Å². The number of rotatable bonds is 2. The smallest absolute Gasteiger partial charge is 0.418 e. The summed E-state index contributed by atoms with van der Waals surface area (Å²) in [7, 11) is 0. The van der Waals surface area contributed by atoms with Gasteiger partial charge in [0.25, 0.3) is 5.72 Å². The summed E-state index contributed by atoms with van der Waals surface area (Å²) in [5, 5.41) is 4.32. The third-order valence-electron chi connectivity index (χ3n) is 5.00. The van der Waals surface area contributed by atoms with E-state index in [4.69, 9.17) is 9.57 Å². The molecule has 2 aromatic rings. The third kappa shape index (κ3) is 2.22. The van der Waals surface area contributed by atoms with Crippen LogP contribution in [0.25, 0.3) is 0 Å². The van der Waals surface area contributed by atoms with E-state index in [1.54, 1.807) is 4.90 Å². The van der Waals surface area contributed by atoms with Crippen LogP contribution >= 0.6 is 0 Å². The summed E-state index contributed by atoms with van der Waals surface area (Å²) >= 11 is 0. The maximum absolute atomic E-state index is 12.7. The molecule has 0 bridgehead atoms. The van der Waals surface area contributed by atoms with Gasteiger partial charge >= 0.3 is 6.09 Å². The Balaban J connectivity index is 1.78. The van der Waals surface area contributed by atoms with Gasteiger partial charge in [-0.25, -0.2) is 9.69 Å². The first-order valence-corrected chi connectivity index (χ1v) is 8.34. The molecule has 2 aliphatic heterocycles. The van der Waals surface area contributed by atoms with Crippen LogP contribution in [0, 0.1) is 6.92 Å². The highest BCUT2D eigenvalue weighted by Crippen LogP contribution is 2.49. The van der Waals surface area contributed by atoms with Crippen LogP contribution < -0.4 is 4.90 Å². The molecule has 1 saturated heterocycles. The number of oxime groups is 1. The van der Waals surface area contributed by atoms with E-state index in [2.05, 4.69) is 5.16 Å². The van der Waals surface area contributed by atoms with Gasteiger partial charge in [0, 0.05) is 0 Å². The van der Waals surface area contributed by atoms with Gasteiger partial charge in [-0.1, -0.05) is 53.7 Å². The normalized spacial score (nSPS) is 24.2. The van der Waals surface area contributed by atoms with Crippen molar-refractivity contribution < 1.29 is 14.4 Å². The van der Waals surface area contributed by atoms with E-state index in [9.17, 15) is 4.79 Å². The first-order chi connectivity index (χ1) is 11.9. The summed E-state index contributed by atoms with van der Waals surface area (Å²) in [6.07, 6.45) is 0.0493. The summed E-state index contributed by atoms with van der Waals surface area (Å²) in [6.45, 7) is 5.70. The molecular weight excluding hydrogens is 316 g/mol. The number of amides is 1. The Morgan fingerprint density at radius 3 is 2.44 bits per heavy atom. The number of benzene rings is 2. The molecular formula is C20H20N2O3. The largest absolute Gasteiger partial charge is 0.437 e. The Bertz CT molecular complexity index is 860. The summed E-state index contributed by atoms with van der Waals surface area (Å²) in [6, 6.07) is 17.6. The number of anilines is 1. The Morgan fingerprint density at radius 2 is 1.72 bits per heavy atom. The van der Waals surface area contributed by atoms with E-state index >= 15 is 0 Å². The van der Waals surface area contributed by atoms with Crippen molar-refractivity contribution in [3.63, 3.8) is 0 Å². The standard InChI is InChI=1S/C20H20N2O3/c1-14-9-7-8-12-17(14)22-18(23)24-19(2,3)20(22)13-16(21-25-20)15-10-5-4-6-11-15/h4-12H,13H2,1-3H3. The zero-order chi connectivity index (χ0) is 17.7. The van der Waals surface area contributed by atoms with Crippen LogP contribution in [0.1, 0.15) is 31.4 Å². The third-order valence-corrected chi connectivity index (χ3v) is 5.00. The number of nitrogens with zero attached hydrogens (tertiary/aromatic N) is 2. The zero-order valence-electron chi connectivity index (χ0n) is 14.5. The Morgan fingerprint density at radius 1 is 1.04 bits per heavy atom. The maximum Gasteiger partial charge on any atom is 0.418 e. The van der Waals surface area contributed by atoms with E-state index in [0.717, 1.165) is 22.5 Å². The van der Waals surface area contributed by atoms with Gasteiger partial charge in [0.1, 0.15) is 0 Å². The maximum atomic E-state index is 12.7. The lowest BCUT2D eigenvalue weighted by Crippen LogP contribution is -2.56. The van der Waals surface area contributed by atoms with Gasteiger partial charge in [0.05, 0.1) is 17.8 Å². The molecule has 1 unspecified atom stereocenters. The van der Waals surface area contributed by atoms with Crippen molar-refractivity contribution >= 4 is 17.5 Å². The van der Waals surface area contributed by atoms with Gasteiger partial charge in [-0.05, 0) is 38.0 Å². The fraction of sp³-hybridized carbons (Fsp3) is 0.300. The van der Waals surface area contributed by atoms with Crippen LogP contribution in [-0.4, -0.2) is 23.1 Å². The highest BCUT2D eigenvalue weighted by atomic mass is 16.7. The lowest BCUT2D eigenvalue weighted by atomic mass is 9.87. The number of aryl methyl sites for hydroxylation is 1. The highest BCUT2D eigenvalue weighted by molar-refractivity contribution is 6.04. The van der Waals surface area contributed by atoms with Crippen molar-refractivity contribution in [2.45, 2.75) is 38.5 Å². The van der Waals surface area contributed by atoms with E-state index in [1.807, 2.05) is 75.4 Å². The summed E-state index contributed by atoms with van der Waals surface area (Å²) in [5.74, 6) is 0. The molecule has 4 rings (SSSR count). The van der Waals surface area contributed by atoms with E-state index in [0.29, 0.717) is 6.42 Å². The minimum absolute atomic E-state index is 0.413. The molecule has 1 fully saturated rings. The van der Waals surface area contributed by atoms with Crippen LogP contribution in [0.4, 0.5) is 10.5 Å². The van der Waals surface area contributed by atoms with Crippen molar-refractivity contribution in [2.75, 3.05) is 4.90 Å². The van der Waals surface area contributed by atoms with E-state index < -0.39 is 17.4 Å². The number of cyclic esters (lactones) is 1. The fourth-order valence-electron chi connectivity index (χ4n) is 3.52. The fourth-order valence-corrected chi connectivity index (χ4v) is 3.52. The molecule has 5 nitrogen and oxygen atoms in total. The number of hydrogen-bond donors (Lipinski definition) is 0. The van der Waals surface area contributed by atoms with Crippen LogP contribution in [0.2, 0.25) is 0 Å². The average molecular weight is 336 g/mol. The molecule has 0 aromatic heterocycles. The lowest BCUT2D eigenvalue weighted by Gasteiger charge is -2.37. The van der Waals surface area contributed by atoms with E-state index in [-0.39, 0.29) is 0 Å². The number of hydrogen-bond acceptors (Lipinski definition) is 4. The molecule has 2 aliphatic rings. The predicted octanol–water partition coefficient (Wildman–Crippen LogP) is 4.25. The Kier molecular flexibility index (Phi) is 3.35.